The molecule has 0 bridgehead atoms. The summed E-state index contributed by atoms with van der Waals surface area (Å²) >= 11 is 0. The van der Waals surface area contributed by atoms with Crippen LogP contribution in [0, 0.1) is 0 Å². The van der Waals surface area contributed by atoms with Crippen molar-refractivity contribution in [3.05, 3.63) is 12.2 Å². The zero-order chi connectivity index (χ0) is 17.2. The largest absolute Gasteiger partial charge is 1.00 e. The first-order valence-corrected chi connectivity index (χ1v) is 9.56. The van der Waals surface area contributed by atoms with E-state index in [2.05, 4.69) is 26.0 Å². The first kappa shape index (κ1) is 24.8. The molecule has 0 aliphatic carbocycles. The van der Waals surface area contributed by atoms with Crippen LogP contribution in [0.15, 0.2) is 12.2 Å². The third-order valence-electron chi connectivity index (χ3n) is 3.79. The molecule has 138 valence electrons. The van der Waals surface area contributed by atoms with Crippen molar-refractivity contribution in [3.8, 4) is 0 Å². The summed E-state index contributed by atoms with van der Waals surface area (Å²) in [5.41, 5.74) is 0.550. The molecule has 0 aliphatic heterocycles. The maximum Gasteiger partial charge on any atom is 0.500 e. The lowest BCUT2D eigenvalue weighted by Crippen LogP contribution is -3.00. The van der Waals surface area contributed by atoms with Gasteiger partial charge in [0.1, 0.15) is 0 Å². The van der Waals surface area contributed by atoms with Crippen LogP contribution in [-0.2, 0) is 18.1 Å². The van der Waals surface area contributed by atoms with Gasteiger partial charge in [-0.15, -0.1) is 0 Å². The minimum absolute atomic E-state index is 0. The van der Waals surface area contributed by atoms with Crippen LogP contribution in [0.3, 0.4) is 0 Å². The van der Waals surface area contributed by atoms with E-state index in [-0.39, 0.29) is 18.3 Å². The Morgan fingerprint density at radius 2 is 1.57 bits per heavy atom. The lowest BCUT2D eigenvalue weighted by Gasteiger charge is -2.31. The Kier molecular flexibility index (Phi) is 12.9. The van der Waals surface area contributed by atoms with Crippen molar-refractivity contribution >= 4 is 14.7 Å². The highest BCUT2D eigenvalue weighted by Crippen LogP contribution is 2.16. The smallest absolute Gasteiger partial charge is 0.500 e. The van der Waals surface area contributed by atoms with E-state index in [1.165, 1.54) is 0 Å². The minimum atomic E-state index is -2.46. The summed E-state index contributed by atoms with van der Waals surface area (Å²) in [6.07, 6.45) is 1.92. The molecular weight excluding hydrogens is 336 g/mol. The molecule has 0 aromatic heterocycles. The third-order valence-corrected chi connectivity index (χ3v) is 6.62. The van der Waals surface area contributed by atoms with E-state index >= 15 is 0 Å². The average molecular weight is 369 g/mol. The number of rotatable bonds is 12. The van der Waals surface area contributed by atoms with Crippen LogP contribution in [0.1, 0.15) is 19.8 Å². The Morgan fingerprint density at radius 3 is 2.00 bits per heavy atom. The summed E-state index contributed by atoms with van der Waals surface area (Å²) in [6.45, 7) is 8.03. The molecule has 0 radical (unpaired) electrons. The molecule has 0 spiro atoms. The SMILES string of the molecule is C=C(C)C(=O)NCCC[N+](C)(C)CCC[Si](OC)(OC)OC.[Cl-]. The van der Waals surface area contributed by atoms with Crippen LogP contribution in [0.2, 0.25) is 6.04 Å². The van der Waals surface area contributed by atoms with E-state index in [9.17, 15) is 4.79 Å². The summed E-state index contributed by atoms with van der Waals surface area (Å²) in [4.78, 5) is 11.4. The molecule has 0 rings (SSSR count). The van der Waals surface area contributed by atoms with Gasteiger partial charge in [0.2, 0.25) is 5.91 Å². The molecule has 6 nitrogen and oxygen atoms in total. The van der Waals surface area contributed by atoms with E-state index < -0.39 is 8.80 Å². The first-order chi connectivity index (χ1) is 10.2. The number of nitrogens with one attached hydrogen (secondary N) is 1. The number of quaternary nitrogens is 1. The Bertz CT molecular complexity index is 355. The number of carbonyl (C=O) groups is 1. The highest BCUT2D eigenvalue weighted by atomic mass is 35.5. The molecule has 8 heteroatoms. The van der Waals surface area contributed by atoms with Gasteiger partial charge in [-0.25, -0.2) is 0 Å². The Balaban J connectivity index is 0. The molecule has 23 heavy (non-hydrogen) atoms. The van der Waals surface area contributed by atoms with Gasteiger partial charge in [-0.1, -0.05) is 6.58 Å². The van der Waals surface area contributed by atoms with Crippen LogP contribution >= 0.6 is 0 Å². The molecule has 0 atom stereocenters. The predicted octanol–water partition coefficient (Wildman–Crippen LogP) is -1.58. The highest BCUT2D eigenvalue weighted by molar-refractivity contribution is 6.60. The molecule has 1 amide bonds. The van der Waals surface area contributed by atoms with Gasteiger partial charge in [0, 0.05) is 52.3 Å². The van der Waals surface area contributed by atoms with Gasteiger partial charge in [0.05, 0.1) is 27.2 Å². The van der Waals surface area contributed by atoms with Crippen molar-refractivity contribution in [1.82, 2.24) is 5.32 Å². The van der Waals surface area contributed by atoms with Gasteiger partial charge in [-0.05, 0) is 6.92 Å². The summed E-state index contributed by atoms with van der Waals surface area (Å²) in [7, 11) is 6.85. The molecule has 0 aliphatic rings. The lowest BCUT2D eigenvalue weighted by molar-refractivity contribution is -0.890. The second kappa shape index (κ2) is 12.0. The minimum Gasteiger partial charge on any atom is -1.00 e. The molecule has 0 aromatic rings. The van der Waals surface area contributed by atoms with Crippen LogP contribution in [0.5, 0.6) is 0 Å². The van der Waals surface area contributed by atoms with Crippen molar-refractivity contribution in [2.75, 3.05) is 55.1 Å². The Morgan fingerprint density at radius 1 is 1.09 bits per heavy atom. The summed E-state index contributed by atoms with van der Waals surface area (Å²) in [6, 6.07) is 0.810. The Labute approximate surface area is 148 Å². The zero-order valence-corrected chi connectivity index (χ0v) is 17.2. The van der Waals surface area contributed by atoms with Crippen molar-refractivity contribution in [1.29, 1.82) is 0 Å². The second-order valence-corrected chi connectivity index (χ2v) is 9.26. The molecule has 1 N–H and O–H groups in total. The van der Waals surface area contributed by atoms with Crippen molar-refractivity contribution in [3.63, 3.8) is 0 Å². The summed E-state index contributed by atoms with van der Waals surface area (Å²) in [5.74, 6) is -0.0682. The van der Waals surface area contributed by atoms with Gasteiger partial charge < -0.3 is 35.5 Å². The van der Waals surface area contributed by atoms with E-state index in [4.69, 9.17) is 13.3 Å². The van der Waals surface area contributed by atoms with E-state index in [1.54, 1.807) is 28.3 Å². The Hall–Kier alpha value is -0.443. The fourth-order valence-corrected chi connectivity index (χ4v) is 3.95. The number of halogens is 1. The van der Waals surface area contributed by atoms with E-state index in [0.29, 0.717) is 12.1 Å². The maximum atomic E-state index is 11.4. The zero-order valence-electron chi connectivity index (χ0n) is 15.4. The number of nitrogens with zero attached hydrogens (tertiary/aromatic N) is 1. The van der Waals surface area contributed by atoms with Crippen LogP contribution in [-0.4, -0.2) is 74.3 Å². The van der Waals surface area contributed by atoms with Gasteiger partial charge in [0.15, 0.2) is 0 Å². The van der Waals surface area contributed by atoms with Gasteiger partial charge >= 0.3 is 8.80 Å². The highest BCUT2D eigenvalue weighted by Gasteiger charge is 2.37. The van der Waals surface area contributed by atoms with Crippen molar-refractivity contribution in [2.45, 2.75) is 25.8 Å². The number of hydrogen-bond acceptors (Lipinski definition) is 4. The van der Waals surface area contributed by atoms with Crippen LogP contribution in [0.25, 0.3) is 0 Å². The second-order valence-electron chi connectivity index (χ2n) is 6.17. The molecule has 0 fully saturated rings. The van der Waals surface area contributed by atoms with Crippen molar-refractivity contribution in [2.24, 2.45) is 0 Å². The van der Waals surface area contributed by atoms with Crippen LogP contribution < -0.4 is 17.7 Å². The number of amides is 1. The molecular formula is C15H33ClN2O4Si. The lowest BCUT2D eigenvalue weighted by atomic mass is 10.3. The maximum absolute atomic E-state index is 11.4. The number of hydrogen-bond donors (Lipinski definition) is 1. The fourth-order valence-electron chi connectivity index (χ4n) is 2.25. The van der Waals surface area contributed by atoms with Crippen molar-refractivity contribution < 1.29 is 35.0 Å². The molecule has 0 aromatic carbocycles. The predicted molar refractivity (Wildman–Crippen MR) is 90.5 cm³/mol. The molecule has 0 unspecified atom stereocenters. The topological polar surface area (TPSA) is 56.8 Å². The quantitative estimate of drug-likeness (QED) is 0.195. The summed E-state index contributed by atoms with van der Waals surface area (Å²) < 4.78 is 17.2. The standard InChI is InChI=1S/C15H32N2O4Si.ClH/c1-14(2)15(18)16-10-8-11-17(3,4)12-9-13-22(19-5,20-6)21-7;/h1,8-13H2,2-7H3;1H. The first-order valence-electron chi connectivity index (χ1n) is 7.63. The fraction of sp³-hybridized carbons (Fsp3) is 0.800. The third kappa shape index (κ3) is 10.1. The van der Waals surface area contributed by atoms with E-state index in [0.717, 1.165) is 36.5 Å². The van der Waals surface area contributed by atoms with Gasteiger partial charge in [-0.2, -0.15) is 0 Å². The summed E-state index contributed by atoms with van der Waals surface area (Å²) in [5, 5.41) is 2.86. The van der Waals surface area contributed by atoms with E-state index in [1.807, 2.05) is 0 Å². The monoisotopic (exact) mass is 368 g/mol. The normalized spacial score (nSPS) is 11.7. The molecule has 0 saturated carbocycles. The molecule has 0 saturated heterocycles. The van der Waals surface area contributed by atoms with Crippen LogP contribution in [0.4, 0.5) is 0 Å². The average Bonchev–Trinajstić information content (AvgIpc) is 2.48. The molecule has 0 heterocycles. The van der Waals surface area contributed by atoms with Gasteiger partial charge in [-0.3, -0.25) is 4.79 Å². The number of carbonyl (C=O) groups excluding carboxylic acids is 1. The van der Waals surface area contributed by atoms with Gasteiger partial charge in [0.25, 0.3) is 0 Å².